The standard InChI is InChI=1S/C14H13FN2O3/c1-20-13-7-9(16)3-4-11(13)17-14(19)10-6-8(15)2-5-12(10)18/h2-7,18H,16H2,1H3,(H,17,19). The summed E-state index contributed by atoms with van der Waals surface area (Å²) in [6.45, 7) is 0. The highest BCUT2D eigenvalue weighted by molar-refractivity contribution is 6.06. The van der Waals surface area contributed by atoms with E-state index in [2.05, 4.69) is 5.32 Å². The van der Waals surface area contributed by atoms with Crippen molar-refractivity contribution in [3.05, 3.63) is 47.8 Å². The number of amides is 1. The number of nitrogens with one attached hydrogen (secondary N) is 1. The molecule has 0 heterocycles. The number of phenolic OH excluding ortho intramolecular Hbond substituents is 1. The first-order valence-corrected chi connectivity index (χ1v) is 5.74. The molecule has 0 saturated carbocycles. The number of hydrogen-bond acceptors (Lipinski definition) is 4. The average Bonchev–Trinajstić information content (AvgIpc) is 2.43. The molecule has 0 aliphatic heterocycles. The Balaban J connectivity index is 2.30. The Labute approximate surface area is 114 Å². The van der Waals surface area contributed by atoms with Crippen LogP contribution in [0.3, 0.4) is 0 Å². The summed E-state index contributed by atoms with van der Waals surface area (Å²) in [5.74, 6) is -1.20. The molecule has 104 valence electrons. The summed E-state index contributed by atoms with van der Waals surface area (Å²) in [6, 6.07) is 7.82. The summed E-state index contributed by atoms with van der Waals surface area (Å²) in [6.07, 6.45) is 0. The maximum atomic E-state index is 13.1. The maximum Gasteiger partial charge on any atom is 0.259 e. The molecule has 2 rings (SSSR count). The van der Waals surface area contributed by atoms with Gasteiger partial charge in [0.05, 0.1) is 18.4 Å². The Morgan fingerprint density at radius 1 is 1.30 bits per heavy atom. The van der Waals surface area contributed by atoms with Gasteiger partial charge in [0.2, 0.25) is 0 Å². The van der Waals surface area contributed by atoms with Gasteiger partial charge in [-0.3, -0.25) is 4.79 Å². The maximum absolute atomic E-state index is 13.1. The lowest BCUT2D eigenvalue weighted by Crippen LogP contribution is -2.13. The van der Waals surface area contributed by atoms with E-state index in [1.165, 1.54) is 7.11 Å². The zero-order chi connectivity index (χ0) is 14.7. The molecule has 20 heavy (non-hydrogen) atoms. The zero-order valence-electron chi connectivity index (χ0n) is 10.7. The molecule has 5 nitrogen and oxygen atoms in total. The number of nitrogens with two attached hydrogens (primary N) is 1. The second-order valence-corrected chi connectivity index (χ2v) is 4.08. The molecule has 0 bridgehead atoms. The van der Waals surface area contributed by atoms with Crippen LogP contribution in [-0.2, 0) is 0 Å². The Morgan fingerprint density at radius 3 is 2.75 bits per heavy atom. The van der Waals surface area contributed by atoms with E-state index in [9.17, 15) is 14.3 Å². The van der Waals surface area contributed by atoms with Crippen molar-refractivity contribution in [2.24, 2.45) is 0 Å². The van der Waals surface area contributed by atoms with Gasteiger partial charge in [-0.05, 0) is 30.3 Å². The average molecular weight is 276 g/mol. The van der Waals surface area contributed by atoms with Crippen LogP contribution in [-0.4, -0.2) is 18.1 Å². The Kier molecular flexibility index (Phi) is 3.74. The van der Waals surface area contributed by atoms with E-state index in [-0.39, 0.29) is 11.3 Å². The summed E-state index contributed by atoms with van der Waals surface area (Å²) >= 11 is 0. The van der Waals surface area contributed by atoms with Gasteiger partial charge in [0, 0.05) is 11.8 Å². The van der Waals surface area contributed by atoms with Crippen LogP contribution in [0.4, 0.5) is 15.8 Å². The third-order valence-electron chi connectivity index (χ3n) is 2.68. The first kappa shape index (κ1) is 13.7. The van der Waals surface area contributed by atoms with Crippen molar-refractivity contribution in [3.8, 4) is 11.5 Å². The van der Waals surface area contributed by atoms with E-state index >= 15 is 0 Å². The predicted molar refractivity (Wildman–Crippen MR) is 73.4 cm³/mol. The molecule has 0 aliphatic carbocycles. The Morgan fingerprint density at radius 2 is 2.05 bits per heavy atom. The molecule has 0 radical (unpaired) electrons. The van der Waals surface area contributed by atoms with Crippen molar-refractivity contribution in [3.63, 3.8) is 0 Å². The fraction of sp³-hybridized carbons (Fsp3) is 0.0714. The van der Waals surface area contributed by atoms with E-state index < -0.39 is 11.7 Å². The molecule has 0 fully saturated rings. The van der Waals surface area contributed by atoms with Gasteiger partial charge in [0.15, 0.2) is 0 Å². The molecule has 0 aliphatic rings. The number of nitrogen functional groups attached to an aromatic ring is 1. The van der Waals surface area contributed by atoms with E-state index in [0.29, 0.717) is 17.1 Å². The van der Waals surface area contributed by atoms with E-state index in [1.54, 1.807) is 18.2 Å². The van der Waals surface area contributed by atoms with Crippen LogP contribution in [0.2, 0.25) is 0 Å². The lowest BCUT2D eigenvalue weighted by molar-refractivity contribution is 0.102. The number of hydrogen-bond donors (Lipinski definition) is 3. The van der Waals surface area contributed by atoms with Gasteiger partial charge in [0.1, 0.15) is 17.3 Å². The van der Waals surface area contributed by atoms with Crippen LogP contribution in [0.25, 0.3) is 0 Å². The van der Waals surface area contributed by atoms with Crippen molar-refractivity contribution < 1.29 is 19.0 Å². The van der Waals surface area contributed by atoms with Gasteiger partial charge in [-0.2, -0.15) is 0 Å². The fourth-order valence-electron chi connectivity index (χ4n) is 1.69. The van der Waals surface area contributed by atoms with Crippen LogP contribution < -0.4 is 15.8 Å². The number of carbonyl (C=O) groups excluding carboxylic acids is 1. The number of benzene rings is 2. The molecule has 1 amide bonds. The SMILES string of the molecule is COc1cc(N)ccc1NC(=O)c1cc(F)ccc1O. The largest absolute Gasteiger partial charge is 0.507 e. The molecule has 0 spiro atoms. The number of methoxy groups -OCH3 is 1. The van der Waals surface area contributed by atoms with Gasteiger partial charge in [-0.25, -0.2) is 4.39 Å². The van der Waals surface area contributed by atoms with Crippen molar-refractivity contribution in [2.45, 2.75) is 0 Å². The zero-order valence-corrected chi connectivity index (χ0v) is 10.7. The Bertz CT molecular complexity index is 659. The minimum absolute atomic E-state index is 0.163. The second kappa shape index (κ2) is 5.48. The molecule has 4 N–H and O–H groups in total. The highest BCUT2D eigenvalue weighted by Gasteiger charge is 2.14. The van der Waals surface area contributed by atoms with Crippen LogP contribution in [0.15, 0.2) is 36.4 Å². The van der Waals surface area contributed by atoms with Crippen LogP contribution >= 0.6 is 0 Å². The molecule has 0 saturated heterocycles. The predicted octanol–water partition coefficient (Wildman–Crippen LogP) is 2.37. The topological polar surface area (TPSA) is 84.6 Å². The molecule has 2 aromatic carbocycles. The fourth-order valence-corrected chi connectivity index (χ4v) is 1.69. The van der Waals surface area contributed by atoms with Gasteiger partial charge in [-0.15, -0.1) is 0 Å². The van der Waals surface area contributed by atoms with Crippen molar-refractivity contribution in [1.82, 2.24) is 0 Å². The molecule has 0 unspecified atom stereocenters. The first-order chi connectivity index (χ1) is 9.51. The van der Waals surface area contributed by atoms with Gasteiger partial charge in [-0.1, -0.05) is 0 Å². The molecule has 2 aromatic rings. The van der Waals surface area contributed by atoms with Crippen molar-refractivity contribution >= 4 is 17.3 Å². The van der Waals surface area contributed by atoms with Crippen LogP contribution in [0.5, 0.6) is 11.5 Å². The third-order valence-corrected chi connectivity index (χ3v) is 2.68. The molecular weight excluding hydrogens is 263 g/mol. The number of aromatic hydroxyl groups is 1. The summed E-state index contributed by atoms with van der Waals surface area (Å²) in [5.41, 5.74) is 6.29. The molecule has 0 aromatic heterocycles. The van der Waals surface area contributed by atoms with Gasteiger partial charge < -0.3 is 20.9 Å². The van der Waals surface area contributed by atoms with Crippen molar-refractivity contribution in [1.29, 1.82) is 0 Å². The number of carbonyl (C=O) groups is 1. The quantitative estimate of drug-likeness (QED) is 0.751. The summed E-state index contributed by atoms with van der Waals surface area (Å²) in [4.78, 5) is 12.0. The number of ether oxygens (including phenoxy) is 1. The summed E-state index contributed by atoms with van der Waals surface area (Å²) < 4.78 is 18.2. The highest BCUT2D eigenvalue weighted by Crippen LogP contribution is 2.28. The second-order valence-electron chi connectivity index (χ2n) is 4.08. The minimum Gasteiger partial charge on any atom is -0.507 e. The van der Waals surface area contributed by atoms with Crippen LogP contribution in [0, 0.1) is 5.82 Å². The first-order valence-electron chi connectivity index (χ1n) is 5.74. The number of anilines is 2. The normalized spacial score (nSPS) is 10.1. The molecule has 0 atom stereocenters. The number of rotatable bonds is 3. The number of phenols is 1. The molecule has 6 heteroatoms. The van der Waals surface area contributed by atoms with Crippen molar-refractivity contribution in [2.75, 3.05) is 18.2 Å². The lowest BCUT2D eigenvalue weighted by atomic mass is 10.1. The highest BCUT2D eigenvalue weighted by atomic mass is 19.1. The summed E-state index contributed by atoms with van der Waals surface area (Å²) in [7, 11) is 1.43. The van der Waals surface area contributed by atoms with Gasteiger partial charge >= 0.3 is 0 Å². The lowest BCUT2D eigenvalue weighted by Gasteiger charge is -2.11. The minimum atomic E-state index is -0.648. The number of halogens is 1. The third kappa shape index (κ3) is 2.80. The van der Waals surface area contributed by atoms with E-state index in [0.717, 1.165) is 18.2 Å². The van der Waals surface area contributed by atoms with Crippen LogP contribution in [0.1, 0.15) is 10.4 Å². The summed E-state index contributed by atoms with van der Waals surface area (Å²) in [5, 5.41) is 12.1. The molecular formula is C14H13FN2O3. The smallest absolute Gasteiger partial charge is 0.259 e. The Hall–Kier alpha value is -2.76. The van der Waals surface area contributed by atoms with Gasteiger partial charge in [0.25, 0.3) is 5.91 Å². The monoisotopic (exact) mass is 276 g/mol. The van der Waals surface area contributed by atoms with E-state index in [4.69, 9.17) is 10.5 Å². The van der Waals surface area contributed by atoms with E-state index in [1.807, 2.05) is 0 Å².